The van der Waals surface area contributed by atoms with Crippen molar-refractivity contribution in [2.24, 2.45) is 0 Å². The third-order valence-corrected chi connectivity index (χ3v) is 5.38. The number of aryl methyl sites for hydroxylation is 1. The van der Waals surface area contributed by atoms with E-state index in [9.17, 15) is 14.4 Å². The summed E-state index contributed by atoms with van der Waals surface area (Å²) in [7, 11) is 0. The number of H-pyrrole nitrogens is 1. The van der Waals surface area contributed by atoms with Crippen molar-refractivity contribution in [3.8, 4) is 11.3 Å². The van der Waals surface area contributed by atoms with E-state index in [1.807, 2.05) is 5.38 Å². The molecule has 0 aliphatic carbocycles. The maximum Gasteiger partial charge on any atom is 0.328 e. The number of nitrogens with zero attached hydrogens (tertiary/aromatic N) is 4. The number of aromatic amines is 1. The number of rotatable bonds is 5. The third kappa shape index (κ3) is 4.09. The number of nitrogens with one attached hydrogen (secondary N) is 2. The molecule has 0 atom stereocenters. The number of aromatic nitrogens is 5. The van der Waals surface area contributed by atoms with Crippen molar-refractivity contribution in [1.29, 1.82) is 0 Å². The van der Waals surface area contributed by atoms with Crippen LogP contribution in [0.3, 0.4) is 0 Å². The van der Waals surface area contributed by atoms with Gasteiger partial charge in [-0.25, -0.2) is 9.31 Å². The molecule has 0 saturated carbocycles. The summed E-state index contributed by atoms with van der Waals surface area (Å²) in [6.07, 6.45) is 1.34. The van der Waals surface area contributed by atoms with Gasteiger partial charge in [-0.15, -0.1) is 16.4 Å². The van der Waals surface area contributed by atoms with Crippen molar-refractivity contribution in [2.45, 2.75) is 13.0 Å². The van der Waals surface area contributed by atoms with E-state index < -0.39 is 11.2 Å². The second-order valence-electron chi connectivity index (χ2n) is 5.98. The smallest absolute Gasteiger partial charge is 0.300 e. The van der Waals surface area contributed by atoms with Crippen molar-refractivity contribution >= 4 is 51.4 Å². The Kier molecular flexibility index (Phi) is 5.22. The van der Waals surface area contributed by atoms with Crippen LogP contribution in [0.1, 0.15) is 6.42 Å². The third-order valence-electron chi connectivity index (χ3n) is 4.02. The predicted octanol–water partition coefficient (Wildman–Crippen LogP) is 2.64. The molecule has 148 valence electrons. The van der Waals surface area contributed by atoms with Gasteiger partial charge in [0, 0.05) is 41.2 Å². The van der Waals surface area contributed by atoms with Crippen LogP contribution in [0.4, 0.5) is 5.95 Å². The summed E-state index contributed by atoms with van der Waals surface area (Å²) in [5.74, 6) is -0.227. The first kappa shape index (κ1) is 19.4. The molecule has 0 aliphatic rings. The fraction of sp³-hybridized carbons (Fsp3) is 0.118. The van der Waals surface area contributed by atoms with Gasteiger partial charge in [-0.05, 0) is 18.2 Å². The highest BCUT2D eigenvalue weighted by molar-refractivity contribution is 7.15. The molecule has 0 unspecified atom stereocenters. The summed E-state index contributed by atoms with van der Waals surface area (Å²) in [5, 5.41) is 9.78. The van der Waals surface area contributed by atoms with Crippen molar-refractivity contribution in [2.75, 3.05) is 5.32 Å². The number of carbonyl (C=O) groups excluding carboxylic acids is 1. The Morgan fingerprint density at radius 3 is 2.83 bits per heavy atom. The van der Waals surface area contributed by atoms with Crippen LogP contribution >= 0.6 is 34.5 Å². The van der Waals surface area contributed by atoms with Crippen LogP contribution in [0.5, 0.6) is 0 Å². The molecular weight excluding hydrogens is 439 g/mol. The zero-order valence-electron chi connectivity index (χ0n) is 14.6. The van der Waals surface area contributed by atoms with Gasteiger partial charge < -0.3 is 4.57 Å². The first-order valence-electron chi connectivity index (χ1n) is 8.30. The molecule has 2 N–H and O–H groups in total. The Bertz CT molecular complexity index is 1340. The summed E-state index contributed by atoms with van der Waals surface area (Å²) in [6, 6.07) is 6.37. The molecule has 29 heavy (non-hydrogen) atoms. The first-order valence-corrected chi connectivity index (χ1v) is 9.93. The van der Waals surface area contributed by atoms with Crippen LogP contribution in [0.25, 0.3) is 16.2 Å². The van der Waals surface area contributed by atoms with Crippen LogP contribution < -0.4 is 16.6 Å². The Morgan fingerprint density at radius 1 is 1.24 bits per heavy atom. The van der Waals surface area contributed by atoms with Crippen molar-refractivity contribution in [3.05, 3.63) is 66.7 Å². The molecule has 12 heteroatoms. The molecule has 0 spiro atoms. The van der Waals surface area contributed by atoms with Crippen LogP contribution in [0, 0.1) is 0 Å². The molecular formula is C17H12Cl2N6O3S. The highest BCUT2D eigenvalue weighted by Crippen LogP contribution is 2.33. The van der Waals surface area contributed by atoms with E-state index in [1.165, 1.54) is 28.2 Å². The topological polar surface area (TPSA) is 114 Å². The van der Waals surface area contributed by atoms with Crippen molar-refractivity contribution < 1.29 is 4.79 Å². The molecule has 0 fully saturated rings. The predicted molar refractivity (Wildman–Crippen MR) is 111 cm³/mol. The molecule has 1 amide bonds. The lowest BCUT2D eigenvalue weighted by Crippen LogP contribution is -2.29. The number of hydrogen-bond acceptors (Lipinski definition) is 6. The number of fused-ring (bicyclic) bond motifs is 1. The summed E-state index contributed by atoms with van der Waals surface area (Å²) in [6.45, 7) is 0.106. The van der Waals surface area contributed by atoms with Crippen molar-refractivity contribution in [3.63, 3.8) is 0 Å². The summed E-state index contributed by atoms with van der Waals surface area (Å²) in [5.41, 5.74) is 0.395. The Morgan fingerprint density at radius 2 is 2.07 bits per heavy atom. The van der Waals surface area contributed by atoms with E-state index in [2.05, 4.69) is 20.4 Å². The maximum atomic E-state index is 12.2. The number of carbonyl (C=O) groups is 1. The minimum absolute atomic E-state index is 0.00861. The lowest BCUT2D eigenvalue weighted by Gasteiger charge is -2.04. The SMILES string of the molecule is O=C(CCn1ccc(=O)[nH]c1=O)Nc1nc2scc(-c3ccc(Cl)cc3Cl)n2n1. The number of halogens is 2. The van der Waals surface area contributed by atoms with Gasteiger partial charge in [0.15, 0.2) is 0 Å². The fourth-order valence-electron chi connectivity index (χ4n) is 2.65. The summed E-state index contributed by atoms with van der Waals surface area (Å²) >= 11 is 13.6. The van der Waals surface area contributed by atoms with Gasteiger partial charge in [0.2, 0.25) is 16.8 Å². The number of amides is 1. The van der Waals surface area contributed by atoms with Crippen LogP contribution in [-0.2, 0) is 11.3 Å². The van der Waals surface area contributed by atoms with Crippen LogP contribution in [-0.4, -0.2) is 30.1 Å². The lowest BCUT2D eigenvalue weighted by molar-refractivity contribution is -0.116. The summed E-state index contributed by atoms with van der Waals surface area (Å²) < 4.78 is 2.82. The fourth-order valence-corrected chi connectivity index (χ4v) is 3.97. The maximum absolute atomic E-state index is 12.2. The molecule has 0 radical (unpaired) electrons. The van der Waals surface area contributed by atoms with Crippen LogP contribution in [0.2, 0.25) is 10.0 Å². The number of hydrogen-bond donors (Lipinski definition) is 2. The van der Waals surface area contributed by atoms with E-state index in [-0.39, 0.29) is 24.8 Å². The quantitative estimate of drug-likeness (QED) is 0.484. The average molecular weight is 451 g/mol. The average Bonchev–Trinajstić information content (AvgIpc) is 3.21. The van der Waals surface area contributed by atoms with Gasteiger partial charge >= 0.3 is 5.69 Å². The van der Waals surface area contributed by atoms with Gasteiger partial charge in [-0.3, -0.25) is 19.9 Å². The van der Waals surface area contributed by atoms with E-state index in [4.69, 9.17) is 23.2 Å². The monoisotopic (exact) mass is 450 g/mol. The molecule has 3 aromatic heterocycles. The zero-order chi connectivity index (χ0) is 20.5. The minimum Gasteiger partial charge on any atom is -0.300 e. The standard InChI is InChI=1S/C17H12Cl2N6O3S/c18-9-1-2-10(11(19)7-9)12-8-29-17-22-15(23-25(12)17)20-13(26)3-5-24-6-4-14(27)21-16(24)28/h1-2,4,6-8H,3,5H2,(H,20,23,26)(H,21,27,28). The van der Waals surface area contributed by atoms with E-state index in [0.717, 1.165) is 11.3 Å². The van der Waals surface area contributed by atoms with Gasteiger partial charge in [-0.2, -0.15) is 4.98 Å². The first-order chi connectivity index (χ1) is 13.9. The second kappa shape index (κ2) is 7.82. The molecule has 0 bridgehead atoms. The van der Waals surface area contributed by atoms with Gasteiger partial charge in [0.1, 0.15) is 0 Å². The Balaban J connectivity index is 1.50. The van der Waals surface area contributed by atoms with E-state index >= 15 is 0 Å². The van der Waals surface area contributed by atoms with E-state index in [1.54, 1.807) is 22.7 Å². The largest absolute Gasteiger partial charge is 0.328 e. The minimum atomic E-state index is -0.574. The molecule has 9 nitrogen and oxygen atoms in total. The second-order valence-corrected chi connectivity index (χ2v) is 7.66. The highest BCUT2D eigenvalue weighted by atomic mass is 35.5. The molecule has 3 heterocycles. The number of benzene rings is 1. The Labute approximate surface area is 176 Å². The van der Waals surface area contributed by atoms with E-state index in [0.29, 0.717) is 15.0 Å². The molecule has 4 rings (SSSR count). The van der Waals surface area contributed by atoms with Gasteiger partial charge in [0.05, 0.1) is 10.7 Å². The Hall–Kier alpha value is -2.95. The van der Waals surface area contributed by atoms with Gasteiger partial charge in [-0.1, -0.05) is 23.2 Å². The molecule has 0 aliphatic heterocycles. The highest BCUT2D eigenvalue weighted by Gasteiger charge is 2.15. The lowest BCUT2D eigenvalue weighted by atomic mass is 10.2. The molecule has 1 aromatic carbocycles. The van der Waals surface area contributed by atoms with Crippen molar-refractivity contribution in [1.82, 2.24) is 24.1 Å². The number of anilines is 1. The van der Waals surface area contributed by atoms with Crippen LogP contribution in [0.15, 0.2) is 45.4 Å². The molecule has 0 saturated heterocycles. The zero-order valence-corrected chi connectivity index (χ0v) is 16.9. The molecule has 4 aromatic rings. The number of thiazole rings is 1. The summed E-state index contributed by atoms with van der Waals surface area (Å²) in [4.78, 5) is 41.9. The normalized spacial score (nSPS) is 11.1. The van der Waals surface area contributed by atoms with Gasteiger partial charge in [0.25, 0.3) is 5.56 Å².